The van der Waals surface area contributed by atoms with E-state index in [1.165, 1.54) is 154 Å². The molecule has 0 aliphatic heterocycles. The Morgan fingerprint density at radius 2 is 0.519 bits per heavy atom. The van der Waals surface area contributed by atoms with E-state index in [1.807, 2.05) is 0 Å². The largest absolute Gasteiger partial charge is 0.0654 e. The monoisotopic (exact) mass is 378 g/mol. The van der Waals surface area contributed by atoms with E-state index < -0.39 is 0 Å². The lowest BCUT2D eigenvalue weighted by Crippen LogP contribution is -1.85. The van der Waals surface area contributed by atoms with Crippen molar-refractivity contribution < 1.29 is 0 Å². The minimum atomic E-state index is 1.24. The molecule has 0 aromatic heterocycles. The second-order valence-electron chi connectivity index (χ2n) is 8.82. The maximum absolute atomic E-state index is 3.65. The van der Waals surface area contributed by atoms with Crippen LogP contribution in [0.4, 0.5) is 0 Å². The minimum absolute atomic E-state index is 1.24. The van der Waals surface area contributed by atoms with Gasteiger partial charge in [-0.1, -0.05) is 155 Å². The summed E-state index contributed by atoms with van der Waals surface area (Å²) in [5, 5.41) is 0. The van der Waals surface area contributed by atoms with Crippen molar-refractivity contribution in [3.05, 3.63) is 6.42 Å². The van der Waals surface area contributed by atoms with Gasteiger partial charge in [-0.05, 0) is 19.3 Å². The summed E-state index contributed by atoms with van der Waals surface area (Å²) in [7, 11) is 0. The fourth-order valence-corrected chi connectivity index (χ4v) is 3.95. The maximum Gasteiger partial charge on any atom is -0.0173 e. The van der Waals surface area contributed by atoms with Crippen LogP contribution < -0.4 is 0 Å². The third-order valence-corrected chi connectivity index (χ3v) is 5.91. The van der Waals surface area contributed by atoms with Crippen molar-refractivity contribution in [2.45, 2.75) is 168 Å². The molecule has 2 radical (unpaired) electrons. The average molecular weight is 379 g/mol. The van der Waals surface area contributed by atoms with Crippen molar-refractivity contribution in [3.8, 4) is 0 Å². The lowest BCUT2D eigenvalue weighted by atomic mass is 10.0. The molecule has 0 amide bonds. The normalized spacial score (nSPS) is 11.3. The molecule has 0 aliphatic rings. The van der Waals surface area contributed by atoms with Crippen LogP contribution in [0.3, 0.4) is 0 Å². The molecule has 0 aromatic carbocycles. The lowest BCUT2D eigenvalue weighted by Gasteiger charge is -2.04. The van der Waals surface area contributed by atoms with Crippen LogP contribution in [-0.2, 0) is 0 Å². The van der Waals surface area contributed by atoms with Crippen molar-refractivity contribution >= 4 is 0 Å². The van der Waals surface area contributed by atoms with Gasteiger partial charge >= 0.3 is 0 Å². The second-order valence-corrected chi connectivity index (χ2v) is 8.82. The molecular formula is C27H54. The molecule has 0 saturated carbocycles. The van der Waals surface area contributed by atoms with Crippen molar-refractivity contribution in [3.63, 3.8) is 0 Å². The van der Waals surface area contributed by atoms with E-state index in [4.69, 9.17) is 0 Å². The molecule has 0 rings (SSSR count). The van der Waals surface area contributed by atoms with Gasteiger partial charge in [-0.25, -0.2) is 0 Å². The Balaban J connectivity index is 2.95. The van der Waals surface area contributed by atoms with Gasteiger partial charge in [0.05, 0.1) is 0 Å². The molecule has 162 valence electrons. The zero-order valence-electron chi connectivity index (χ0n) is 19.5. The summed E-state index contributed by atoms with van der Waals surface area (Å²) in [6, 6.07) is 0. The molecule has 0 spiro atoms. The summed E-state index contributed by atoms with van der Waals surface area (Å²) in [5.41, 5.74) is 0. The quantitative estimate of drug-likeness (QED) is 0.146. The zero-order chi connectivity index (χ0) is 19.7. The predicted octanol–water partition coefficient (Wildman–Crippen LogP) is 10.5. The highest BCUT2D eigenvalue weighted by Crippen LogP contribution is 2.15. The van der Waals surface area contributed by atoms with Gasteiger partial charge in [0, 0.05) is 0 Å². The molecule has 0 fully saturated rings. The Bertz CT molecular complexity index is 208. The van der Waals surface area contributed by atoms with Gasteiger partial charge in [0.2, 0.25) is 0 Å². The maximum atomic E-state index is 3.65. The van der Waals surface area contributed by atoms with Gasteiger partial charge < -0.3 is 0 Å². The molecule has 0 unspecified atom stereocenters. The molecule has 0 heterocycles. The molecular weight excluding hydrogens is 324 g/mol. The van der Waals surface area contributed by atoms with E-state index in [9.17, 15) is 0 Å². The molecule has 0 saturated heterocycles. The molecule has 0 aromatic rings. The first kappa shape index (κ1) is 27.0. The first-order valence-corrected chi connectivity index (χ1v) is 13.1. The summed E-state index contributed by atoms with van der Waals surface area (Å²) in [6.45, 7) is 4.60. The van der Waals surface area contributed by atoms with Crippen LogP contribution in [-0.4, -0.2) is 0 Å². The zero-order valence-corrected chi connectivity index (χ0v) is 19.5. The fraction of sp³-hybridized carbons (Fsp3) is 0.963. The van der Waals surface area contributed by atoms with E-state index in [0.29, 0.717) is 0 Å². The Kier molecular flexibility index (Phi) is 26.0. The van der Waals surface area contributed by atoms with Crippen molar-refractivity contribution in [2.24, 2.45) is 0 Å². The Labute approximate surface area is 174 Å². The number of hydrogen-bond donors (Lipinski definition) is 0. The lowest BCUT2D eigenvalue weighted by molar-refractivity contribution is 0.540. The predicted molar refractivity (Wildman–Crippen MR) is 125 cm³/mol. The summed E-state index contributed by atoms with van der Waals surface area (Å²) >= 11 is 0. The van der Waals surface area contributed by atoms with E-state index in [1.54, 1.807) is 0 Å². The third kappa shape index (κ3) is 26.0. The molecule has 0 aliphatic carbocycles. The second kappa shape index (κ2) is 26.0. The van der Waals surface area contributed by atoms with Gasteiger partial charge in [0.15, 0.2) is 0 Å². The Morgan fingerprint density at radius 3 is 0.778 bits per heavy atom. The minimum Gasteiger partial charge on any atom is -0.0654 e. The van der Waals surface area contributed by atoms with E-state index >= 15 is 0 Å². The number of unbranched alkanes of at least 4 members (excludes halogenated alkanes) is 24. The first-order chi connectivity index (χ1) is 13.4. The van der Waals surface area contributed by atoms with Crippen LogP contribution >= 0.6 is 0 Å². The molecule has 0 nitrogen and oxygen atoms in total. The van der Waals surface area contributed by atoms with Gasteiger partial charge in [-0.2, -0.15) is 0 Å². The smallest absolute Gasteiger partial charge is 0.0173 e. The van der Waals surface area contributed by atoms with Crippen molar-refractivity contribution in [1.82, 2.24) is 0 Å². The standard InChI is InChI=1S/C27H54/c1-3-5-7-9-11-13-15-17-19-21-23-25-27-26-24-22-20-18-16-14-12-10-8-6-4-2/h3-26H2,1-2H3. The summed E-state index contributed by atoms with van der Waals surface area (Å²) < 4.78 is 0. The highest BCUT2D eigenvalue weighted by molar-refractivity contribution is 4.64. The van der Waals surface area contributed by atoms with Gasteiger partial charge in [0.25, 0.3) is 0 Å². The molecule has 27 heavy (non-hydrogen) atoms. The SMILES string of the molecule is CCCCCCCCCCCCC[C]CCCCCCCCCCCCC. The van der Waals surface area contributed by atoms with E-state index in [2.05, 4.69) is 20.3 Å². The van der Waals surface area contributed by atoms with Gasteiger partial charge in [0.1, 0.15) is 0 Å². The van der Waals surface area contributed by atoms with Crippen molar-refractivity contribution in [1.29, 1.82) is 0 Å². The van der Waals surface area contributed by atoms with Crippen LogP contribution in [0.2, 0.25) is 0 Å². The highest BCUT2D eigenvalue weighted by atomic mass is 14.0. The van der Waals surface area contributed by atoms with Gasteiger partial charge in [-0.15, -0.1) is 0 Å². The number of rotatable bonds is 24. The summed E-state index contributed by atoms with van der Waals surface area (Å²) in [6.07, 6.45) is 37.9. The van der Waals surface area contributed by atoms with Crippen LogP contribution in [0.25, 0.3) is 0 Å². The Hall–Kier alpha value is 0. The van der Waals surface area contributed by atoms with E-state index in [-0.39, 0.29) is 0 Å². The summed E-state index contributed by atoms with van der Waals surface area (Å²) in [5.74, 6) is 0. The van der Waals surface area contributed by atoms with Crippen molar-refractivity contribution in [2.75, 3.05) is 0 Å². The fourth-order valence-electron chi connectivity index (χ4n) is 3.95. The highest BCUT2D eigenvalue weighted by Gasteiger charge is 1.96. The van der Waals surface area contributed by atoms with Gasteiger partial charge in [-0.3, -0.25) is 0 Å². The third-order valence-electron chi connectivity index (χ3n) is 5.91. The van der Waals surface area contributed by atoms with Crippen LogP contribution in [0.15, 0.2) is 0 Å². The molecule has 0 heteroatoms. The molecule has 0 atom stereocenters. The van der Waals surface area contributed by atoms with Crippen LogP contribution in [0.1, 0.15) is 168 Å². The number of hydrogen-bond acceptors (Lipinski definition) is 0. The summed E-state index contributed by atoms with van der Waals surface area (Å²) in [4.78, 5) is 0. The molecule has 0 bridgehead atoms. The van der Waals surface area contributed by atoms with E-state index in [0.717, 1.165) is 0 Å². The first-order valence-electron chi connectivity index (χ1n) is 13.1. The van der Waals surface area contributed by atoms with Crippen LogP contribution in [0, 0.1) is 6.42 Å². The topological polar surface area (TPSA) is 0 Å². The van der Waals surface area contributed by atoms with Crippen LogP contribution in [0.5, 0.6) is 0 Å². The average Bonchev–Trinajstić information content (AvgIpc) is 2.68. The molecule has 0 N–H and O–H groups in total. The Morgan fingerprint density at radius 1 is 0.296 bits per heavy atom.